The molecule has 146 valence electrons. The van der Waals surface area contributed by atoms with Gasteiger partial charge < -0.3 is 19.7 Å². The summed E-state index contributed by atoms with van der Waals surface area (Å²) in [7, 11) is 3.17. The summed E-state index contributed by atoms with van der Waals surface area (Å²) in [6.07, 6.45) is 2.50. The average molecular weight is 403 g/mol. The number of amides is 2. The molecule has 8 heteroatoms. The molecule has 0 aromatic heterocycles. The molecule has 0 heterocycles. The highest BCUT2D eigenvalue weighted by molar-refractivity contribution is 7.98. The van der Waals surface area contributed by atoms with Crippen molar-refractivity contribution in [3.63, 3.8) is 0 Å². The van der Waals surface area contributed by atoms with Crippen LogP contribution in [0.5, 0.6) is 0 Å². The predicted octanol–water partition coefficient (Wildman–Crippen LogP) is 2.31. The van der Waals surface area contributed by atoms with E-state index in [4.69, 9.17) is 21.1 Å². The van der Waals surface area contributed by atoms with E-state index in [0.29, 0.717) is 43.3 Å². The Morgan fingerprint density at radius 3 is 2.35 bits per heavy atom. The first-order chi connectivity index (χ1) is 12.5. The van der Waals surface area contributed by atoms with Gasteiger partial charge in [-0.05, 0) is 30.6 Å². The Morgan fingerprint density at radius 1 is 1.19 bits per heavy atom. The maximum Gasteiger partial charge on any atom is 0.253 e. The molecule has 0 aliphatic carbocycles. The second-order valence-electron chi connectivity index (χ2n) is 5.60. The van der Waals surface area contributed by atoms with E-state index < -0.39 is 6.04 Å². The number of carbonyl (C=O) groups is 2. The number of benzene rings is 1. The monoisotopic (exact) mass is 402 g/mol. The molecule has 2 amide bonds. The molecule has 0 spiro atoms. The number of nitrogens with zero attached hydrogens (tertiary/aromatic N) is 1. The molecule has 0 aliphatic heterocycles. The van der Waals surface area contributed by atoms with Gasteiger partial charge in [0, 0.05) is 27.3 Å². The first-order valence-electron chi connectivity index (χ1n) is 8.36. The van der Waals surface area contributed by atoms with Gasteiger partial charge in [-0.25, -0.2) is 0 Å². The Bertz CT molecular complexity index is 566. The third-order valence-electron chi connectivity index (χ3n) is 3.77. The molecule has 1 aromatic carbocycles. The Kier molecular flexibility index (Phi) is 11.4. The summed E-state index contributed by atoms with van der Waals surface area (Å²) in [6.45, 7) is 1.72. The van der Waals surface area contributed by atoms with Crippen LogP contribution in [-0.4, -0.2) is 75.3 Å². The van der Waals surface area contributed by atoms with Crippen molar-refractivity contribution < 1.29 is 19.1 Å². The van der Waals surface area contributed by atoms with Gasteiger partial charge >= 0.3 is 0 Å². The number of hydrogen-bond acceptors (Lipinski definition) is 5. The van der Waals surface area contributed by atoms with Crippen molar-refractivity contribution in [1.29, 1.82) is 0 Å². The van der Waals surface area contributed by atoms with Crippen molar-refractivity contribution in [3.8, 4) is 0 Å². The highest BCUT2D eigenvalue weighted by Gasteiger charge is 2.26. The minimum atomic E-state index is -0.625. The summed E-state index contributed by atoms with van der Waals surface area (Å²) >= 11 is 7.72. The van der Waals surface area contributed by atoms with Gasteiger partial charge in [0.2, 0.25) is 5.91 Å². The zero-order chi connectivity index (χ0) is 19.4. The number of halogens is 1. The van der Waals surface area contributed by atoms with Crippen LogP contribution in [0.1, 0.15) is 16.8 Å². The Hall–Kier alpha value is -1.28. The quantitative estimate of drug-likeness (QED) is 0.581. The number of nitrogens with one attached hydrogen (secondary N) is 1. The summed E-state index contributed by atoms with van der Waals surface area (Å²) in [6, 6.07) is 6.16. The minimum absolute atomic E-state index is 0.145. The number of ether oxygens (including phenoxy) is 2. The zero-order valence-corrected chi connectivity index (χ0v) is 17.1. The highest BCUT2D eigenvalue weighted by Crippen LogP contribution is 2.15. The van der Waals surface area contributed by atoms with Gasteiger partial charge in [-0.2, -0.15) is 11.8 Å². The van der Waals surface area contributed by atoms with Crippen molar-refractivity contribution in [3.05, 3.63) is 34.9 Å². The van der Waals surface area contributed by atoms with Crippen LogP contribution in [-0.2, 0) is 14.3 Å². The second-order valence-corrected chi connectivity index (χ2v) is 6.99. The number of rotatable bonds is 12. The number of methoxy groups -OCH3 is 2. The van der Waals surface area contributed by atoms with Crippen LogP contribution < -0.4 is 5.32 Å². The fourth-order valence-corrected chi connectivity index (χ4v) is 3.02. The first kappa shape index (κ1) is 22.8. The van der Waals surface area contributed by atoms with E-state index in [1.807, 2.05) is 6.26 Å². The molecule has 0 saturated heterocycles. The van der Waals surface area contributed by atoms with E-state index in [-0.39, 0.29) is 11.8 Å². The van der Waals surface area contributed by atoms with Crippen molar-refractivity contribution in [2.75, 3.05) is 52.5 Å². The van der Waals surface area contributed by atoms with Crippen LogP contribution in [0.4, 0.5) is 0 Å². The third-order valence-corrected chi connectivity index (χ3v) is 4.75. The summed E-state index contributed by atoms with van der Waals surface area (Å²) in [4.78, 5) is 27.2. The average Bonchev–Trinajstić information content (AvgIpc) is 2.65. The molecule has 1 unspecified atom stereocenters. The molecule has 26 heavy (non-hydrogen) atoms. The number of thioether (sulfide) groups is 1. The fourth-order valence-electron chi connectivity index (χ4n) is 2.33. The number of hydrogen-bond donors (Lipinski definition) is 1. The maximum atomic E-state index is 13.0. The van der Waals surface area contributed by atoms with Crippen LogP contribution >= 0.6 is 23.4 Å². The smallest absolute Gasteiger partial charge is 0.253 e. The lowest BCUT2D eigenvalue weighted by Gasteiger charge is -2.27. The lowest BCUT2D eigenvalue weighted by Crippen LogP contribution is -2.50. The van der Waals surface area contributed by atoms with Gasteiger partial charge in [0.15, 0.2) is 0 Å². The Morgan fingerprint density at radius 2 is 1.81 bits per heavy atom. The third kappa shape index (κ3) is 7.53. The van der Waals surface area contributed by atoms with Gasteiger partial charge in [0.1, 0.15) is 6.04 Å². The topological polar surface area (TPSA) is 67.9 Å². The number of carbonyl (C=O) groups excluding carboxylic acids is 2. The summed E-state index contributed by atoms with van der Waals surface area (Å²) in [5.74, 6) is 0.253. The summed E-state index contributed by atoms with van der Waals surface area (Å²) in [5, 5.41) is 3.19. The molecular formula is C18H27ClN2O4S. The Labute approximate surface area is 164 Å². The lowest BCUT2D eigenvalue weighted by atomic mass is 10.1. The molecule has 0 aliphatic rings. The SMILES string of the molecule is COCCN(CCOC)C(=O)C(CCSC)NC(=O)c1ccccc1Cl. The first-order valence-corrected chi connectivity index (χ1v) is 10.1. The van der Waals surface area contributed by atoms with E-state index in [2.05, 4.69) is 5.32 Å². The van der Waals surface area contributed by atoms with Crippen LogP contribution in [0.25, 0.3) is 0 Å². The maximum absolute atomic E-state index is 13.0. The molecule has 0 bridgehead atoms. The molecule has 1 aromatic rings. The van der Waals surface area contributed by atoms with Gasteiger partial charge in [0.25, 0.3) is 5.91 Å². The fraction of sp³-hybridized carbons (Fsp3) is 0.556. The molecular weight excluding hydrogens is 376 g/mol. The van der Waals surface area contributed by atoms with E-state index in [0.717, 1.165) is 5.75 Å². The largest absolute Gasteiger partial charge is 0.383 e. The van der Waals surface area contributed by atoms with Crippen LogP contribution in [0.2, 0.25) is 5.02 Å². The molecule has 1 rings (SSSR count). The zero-order valence-electron chi connectivity index (χ0n) is 15.5. The van der Waals surface area contributed by atoms with Gasteiger partial charge in [-0.3, -0.25) is 9.59 Å². The van der Waals surface area contributed by atoms with E-state index in [1.165, 1.54) is 0 Å². The molecule has 0 fully saturated rings. The van der Waals surface area contributed by atoms with Gasteiger partial charge in [-0.1, -0.05) is 23.7 Å². The van der Waals surface area contributed by atoms with Crippen LogP contribution in [0.3, 0.4) is 0 Å². The molecule has 0 saturated carbocycles. The van der Waals surface area contributed by atoms with Crippen molar-refractivity contribution in [1.82, 2.24) is 10.2 Å². The van der Waals surface area contributed by atoms with Crippen molar-refractivity contribution in [2.24, 2.45) is 0 Å². The molecule has 1 atom stereocenters. The standard InChI is InChI=1S/C18H27ClN2O4S/c1-24-11-9-21(10-12-25-2)18(23)16(8-13-26-3)20-17(22)14-6-4-5-7-15(14)19/h4-7,16H,8-13H2,1-3H3,(H,20,22). The molecule has 6 nitrogen and oxygen atoms in total. The molecule has 0 radical (unpaired) electrons. The predicted molar refractivity (Wildman–Crippen MR) is 106 cm³/mol. The Balaban J connectivity index is 2.89. The minimum Gasteiger partial charge on any atom is -0.383 e. The molecule has 1 N–H and O–H groups in total. The van der Waals surface area contributed by atoms with Gasteiger partial charge in [-0.15, -0.1) is 0 Å². The normalized spacial score (nSPS) is 11.8. The van der Waals surface area contributed by atoms with Gasteiger partial charge in [0.05, 0.1) is 23.8 Å². The van der Waals surface area contributed by atoms with E-state index >= 15 is 0 Å². The second kappa shape index (κ2) is 13.0. The van der Waals surface area contributed by atoms with Crippen molar-refractivity contribution >= 4 is 35.2 Å². The van der Waals surface area contributed by atoms with E-state index in [9.17, 15) is 9.59 Å². The van der Waals surface area contributed by atoms with Crippen LogP contribution in [0, 0.1) is 0 Å². The highest BCUT2D eigenvalue weighted by atomic mass is 35.5. The van der Waals surface area contributed by atoms with Crippen molar-refractivity contribution in [2.45, 2.75) is 12.5 Å². The summed E-state index contributed by atoms with van der Waals surface area (Å²) in [5.41, 5.74) is 0.358. The van der Waals surface area contributed by atoms with Crippen LogP contribution in [0.15, 0.2) is 24.3 Å². The lowest BCUT2D eigenvalue weighted by molar-refractivity contribution is -0.134. The van der Waals surface area contributed by atoms with E-state index in [1.54, 1.807) is 55.1 Å². The summed E-state index contributed by atoms with van der Waals surface area (Å²) < 4.78 is 10.2.